The molecule has 1 aliphatic carbocycles. The van der Waals surface area contributed by atoms with Crippen molar-refractivity contribution in [2.75, 3.05) is 6.54 Å². The first-order valence-electron chi connectivity index (χ1n) is 8.08. The zero-order valence-electron chi connectivity index (χ0n) is 13.5. The van der Waals surface area contributed by atoms with Crippen molar-refractivity contribution in [3.8, 4) is 11.1 Å². The van der Waals surface area contributed by atoms with Crippen LogP contribution in [-0.2, 0) is 6.42 Å². The Morgan fingerprint density at radius 1 is 1.13 bits per heavy atom. The van der Waals surface area contributed by atoms with Crippen LogP contribution in [0.1, 0.15) is 40.3 Å². The second-order valence-electron chi connectivity index (χ2n) is 6.44. The average molecular weight is 304 g/mol. The summed E-state index contributed by atoms with van der Waals surface area (Å²) in [7, 11) is 0. The van der Waals surface area contributed by atoms with Crippen LogP contribution in [0.5, 0.6) is 0 Å². The first kappa shape index (κ1) is 14.3. The monoisotopic (exact) mass is 304 g/mol. The van der Waals surface area contributed by atoms with Crippen LogP contribution in [0, 0.1) is 13.8 Å². The van der Waals surface area contributed by atoms with E-state index in [4.69, 9.17) is 5.73 Å². The summed E-state index contributed by atoms with van der Waals surface area (Å²) in [6.45, 7) is 4.92. The van der Waals surface area contributed by atoms with Gasteiger partial charge in [-0.05, 0) is 77.4 Å². The van der Waals surface area contributed by atoms with E-state index >= 15 is 0 Å². The minimum absolute atomic E-state index is 0.181. The highest BCUT2D eigenvalue weighted by Crippen LogP contribution is 2.39. The fourth-order valence-electron chi connectivity index (χ4n) is 3.84. The third-order valence-corrected chi connectivity index (χ3v) is 4.90. The van der Waals surface area contributed by atoms with Crippen molar-refractivity contribution in [3.05, 3.63) is 58.1 Å². The first-order chi connectivity index (χ1) is 11.1. The van der Waals surface area contributed by atoms with Crippen LogP contribution >= 0.6 is 0 Å². The largest absolute Gasteiger partial charge is 0.324 e. The van der Waals surface area contributed by atoms with Crippen LogP contribution in [-0.4, -0.2) is 12.3 Å². The van der Waals surface area contributed by atoms with Gasteiger partial charge < -0.3 is 5.73 Å². The summed E-state index contributed by atoms with van der Waals surface area (Å²) in [5.74, 6) is 0. The van der Waals surface area contributed by atoms with Crippen molar-refractivity contribution in [2.24, 2.45) is 21.2 Å². The molecule has 0 bridgehead atoms. The van der Waals surface area contributed by atoms with Gasteiger partial charge in [-0.25, -0.2) is 0 Å². The van der Waals surface area contributed by atoms with E-state index in [1.54, 1.807) is 0 Å². The highest BCUT2D eigenvalue weighted by Gasteiger charge is 2.23. The van der Waals surface area contributed by atoms with Crippen molar-refractivity contribution >= 4 is 5.71 Å². The SMILES string of the molecule is Cc1cc(C2=NN=NC2)cc(C)c1-c1cccc2c1CC[C@H]2N. The van der Waals surface area contributed by atoms with Gasteiger partial charge in [-0.15, -0.1) is 5.10 Å². The lowest BCUT2D eigenvalue weighted by molar-refractivity contribution is 0.713. The molecule has 2 aromatic rings. The van der Waals surface area contributed by atoms with Gasteiger partial charge in [-0.2, -0.15) is 5.11 Å². The van der Waals surface area contributed by atoms with E-state index in [0.717, 1.165) is 24.1 Å². The molecule has 2 aromatic carbocycles. The number of rotatable bonds is 2. The van der Waals surface area contributed by atoms with Crippen molar-refractivity contribution in [1.29, 1.82) is 0 Å². The molecule has 0 amide bonds. The zero-order valence-corrected chi connectivity index (χ0v) is 13.5. The lowest BCUT2D eigenvalue weighted by Crippen LogP contribution is -2.06. The minimum Gasteiger partial charge on any atom is -0.324 e. The number of nitrogens with two attached hydrogens (primary N) is 1. The van der Waals surface area contributed by atoms with Crippen LogP contribution in [0.2, 0.25) is 0 Å². The zero-order chi connectivity index (χ0) is 16.0. The Labute approximate surface area is 136 Å². The van der Waals surface area contributed by atoms with Crippen LogP contribution in [0.4, 0.5) is 0 Å². The van der Waals surface area contributed by atoms with E-state index in [-0.39, 0.29) is 6.04 Å². The predicted molar refractivity (Wildman–Crippen MR) is 92.9 cm³/mol. The molecule has 4 heteroatoms. The summed E-state index contributed by atoms with van der Waals surface area (Å²) >= 11 is 0. The molecule has 0 radical (unpaired) electrons. The van der Waals surface area contributed by atoms with Crippen molar-refractivity contribution in [2.45, 2.75) is 32.7 Å². The van der Waals surface area contributed by atoms with Gasteiger partial charge in [0.05, 0.1) is 5.71 Å². The van der Waals surface area contributed by atoms with E-state index in [1.807, 2.05) is 0 Å². The molecule has 4 nitrogen and oxygen atoms in total. The summed E-state index contributed by atoms with van der Waals surface area (Å²) in [6.07, 6.45) is 2.11. The minimum atomic E-state index is 0.181. The topological polar surface area (TPSA) is 63.1 Å². The Morgan fingerprint density at radius 3 is 2.61 bits per heavy atom. The molecular weight excluding hydrogens is 284 g/mol. The maximum absolute atomic E-state index is 6.24. The Bertz CT molecular complexity index is 825. The van der Waals surface area contributed by atoms with E-state index in [2.05, 4.69) is 59.6 Å². The Morgan fingerprint density at radius 2 is 1.91 bits per heavy atom. The lowest BCUT2D eigenvalue weighted by atomic mass is 9.88. The van der Waals surface area contributed by atoms with E-state index < -0.39 is 0 Å². The molecule has 1 heterocycles. The van der Waals surface area contributed by atoms with Gasteiger partial charge in [0.25, 0.3) is 0 Å². The normalized spacial score (nSPS) is 19.1. The quantitative estimate of drug-likeness (QED) is 0.892. The van der Waals surface area contributed by atoms with Crippen LogP contribution in [0.3, 0.4) is 0 Å². The number of benzene rings is 2. The molecular formula is C19H20N4. The van der Waals surface area contributed by atoms with E-state index in [1.165, 1.54) is 33.4 Å². The van der Waals surface area contributed by atoms with E-state index in [0.29, 0.717) is 6.54 Å². The third-order valence-electron chi connectivity index (χ3n) is 4.90. The third kappa shape index (κ3) is 2.30. The van der Waals surface area contributed by atoms with Gasteiger partial charge in [0.2, 0.25) is 0 Å². The second-order valence-corrected chi connectivity index (χ2v) is 6.44. The maximum atomic E-state index is 6.24. The molecule has 0 saturated carbocycles. The van der Waals surface area contributed by atoms with Crippen LogP contribution in [0.15, 0.2) is 45.8 Å². The predicted octanol–water partition coefficient (Wildman–Crippen LogP) is 4.09. The molecule has 23 heavy (non-hydrogen) atoms. The smallest absolute Gasteiger partial charge is 0.107 e. The Kier molecular flexibility index (Phi) is 3.34. The number of hydrogen-bond acceptors (Lipinski definition) is 4. The van der Waals surface area contributed by atoms with Gasteiger partial charge in [0.1, 0.15) is 6.54 Å². The van der Waals surface area contributed by atoms with Crippen molar-refractivity contribution in [3.63, 3.8) is 0 Å². The Balaban J connectivity index is 1.85. The number of fused-ring (bicyclic) bond motifs is 1. The molecule has 2 aliphatic rings. The average Bonchev–Trinajstić information content (AvgIpc) is 3.17. The van der Waals surface area contributed by atoms with Crippen molar-refractivity contribution < 1.29 is 0 Å². The first-order valence-corrected chi connectivity index (χ1v) is 8.08. The van der Waals surface area contributed by atoms with Gasteiger partial charge in [-0.1, -0.05) is 18.2 Å². The number of nitrogens with zero attached hydrogens (tertiary/aromatic N) is 3. The molecule has 116 valence electrons. The summed E-state index contributed by atoms with van der Waals surface area (Å²) in [5.41, 5.74) is 16.2. The molecule has 0 aromatic heterocycles. The van der Waals surface area contributed by atoms with Gasteiger partial charge in [0.15, 0.2) is 0 Å². The maximum Gasteiger partial charge on any atom is 0.107 e. The molecule has 1 atom stereocenters. The van der Waals surface area contributed by atoms with E-state index in [9.17, 15) is 0 Å². The fraction of sp³-hybridized carbons (Fsp3) is 0.316. The molecule has 4 rings (SSSR count). The van der Waals surface area contributed by atoms with Crippen molar-refractivity contribution in [1.82, 2.24) is 0 Å². The molecule has 0 unspecified atom stereocenters. The number of hydrogen-bond donors (Lipinski definition) is 1. The van der Waals surface area contributed by atoms with Crippen LogP contribution < -0.4 is 5.73 Å². The molecule has 0 saturated heterocycles. The summed E-state index contributed by atoms with van der Waals surface area (Å²) in [5, 5.41) is 11.8. The van der Waals surface area contributed by atoms with Gasteiger partial charge in [-0.3, -0.25) is 0 Å². The molecule has 0 fully saturated rings. The summed E-state index contributed by atoms with van der Waals surface area (Å²) in [6, 6.07) is 11.1. The molecule has 2 N–H and O–H groups in total. The summed E-state index contributed by atoms with van der Waals surface area (Å²) in [4.78, 5) is 0. The highest BCUT2D eigenvalue weighted by molar-refractivity contribution is 6.03. The summed E-state index contributed by atoms with van der Waals surface area (Å²) < 4.78 is 0. The standard InChI is InChI=1S/C19H20N4/c1-11-8-13(18-10-21-23-22-18)9-12(2)19(11)16-5-3-4-15-14(16)6-7-17(15)20/h3-5,8-9,17H,6-7,10,20H2,1-2H3/t17-/m1/s1. The molecule has 1 aliphatic heterocycles. The van der Waals surface area contributed by atoms with Gasteiger partial charge >= 0.3 is 0 Å². The van der Waals surface area contributed by atoms with Gasteiger partial charge in [0, 0.05) is 11.6 Å². The number of aryl methyl sites for hydroxylation is 2. The molecule has 0 spiro atoms. The highest BCUT2D eigenvalue weighted by atomic mass is 15.4. The Hall–Kier alpha value is -2.33. The fourth-order valence-corrected chi connectivity index (χ4v) is 3.84. The lowest BCUT2D eigenvalue weighted by Gasteiger charge is -2.16. The second kappa shape index (κ2) is 5.39. The van der Waals surface area contributed by atoms with Crippen LogP contribution in [0.25, 0.3) is 11.1 Å².